The van der Waals surface area contributed by atoms with E-state index in [2.05, 4.69) is 6.07 Å². The zero-order valence-corrected chi connectivity index (χ0v) is 11.4. The number of rotatable bonds is 2. The molecule has 1 heterocycles. The Morgan fingerprint density at radius 1 is 1.54 bits per heavy atom. The summed E-state index contributed by atoms with van der Waals surface area (Å²) in [7, 11) is 0. The Kier molecular flexibility index (Phi) is 5.48. The standard InChI is InChI=1S/C9H8FOS.K/c10-7-2-1-3-8(4-7)12-9-5-11-6-9;/h1,3-4,9H,5-6H2;/q-1;+1. The van der Waals surface area contributed by atoms with Crippen LogP contribution in [0.2, 0.25) is 0 Å². The van der Waals surface area contributed by atoms with Gasteiger partial charge in [-0.05, 0) is 0 Å². The van der Waals surface area contributed by atoms with Crippen LogP contribution in [-0.2, 0) is 4.74 Å². The van der Waals surface area contributed by atoms with Crippen molar-refractivity contribution in [1.29, 1.82) is 0 Å². The first kappa shape index (κ1) is 12.2. The van der Waals surface area contributed by atoms with Crippen LogP contribution in [0.1, 0.15) is 0 Å². The molecule has 0 bridgehead atoms. The van der Waals surface area contributed by atoms with E-state index in [1.807, 2.05) is 6.07 Å². The number of halogens is 1. The van der Waals surface area contributed by atoms with Gasteiger partial charge in [0.25, 0.3) is 0 Å². The van der Waals surface area contributed by atoms with Crippen LogP contribution < -0.4 is 51.4 Å². The molecule has 0 aliphatic carbocycles. The van der Waals surface area contributed by atoms with Gasteiger partial charge in [0, 0.05) is 5.82 Å². The fourth-order valence-corrected chi connectivity index (χ4v) is 2.00. The number of hydrogen-bond donors (Lipinski definition) is 0. The molecule has 0 radical (unpaired) electrons. The minimum atomic E-state index is -0.291. The molecule has 0 atom stereocenters. The summed E-state index contributed by atoms with van der Waals surface area (Å²) in [6.07, 6.45) is 0. The number of benzene rings is 1. The molecule has 0 spiro atoms. The van der Waals surface area contributed by atoms with Crippen LogP contribution in [0.5, 0.6) is 0 Å². The van der Waals surface area contributed by atoms with Gasteiger partial charge in [0.15, 0.2) is 0 Å². The molecule has 0 amide bonds. The van der Waals surface area contributed by atoms with Crippen LogP contribution in [-0.4, -0.2) is 18.5 Å². The second-order valence-corrected chi connectivity index (χ2v) is 4.02. The molecule has 1 aromatic rings. The summed E-state index contributed by atoms with van der Waals surface area (Å²) in [5.41, 5.74) is 0. The van der Waals surface area contributed by atoms with Gasteiger partial charge in [-0.1, -0.05) is 4.90 Å². The molecule has 0 unspecified atom stereocenters. The first-order valence-corrected chi connectivity index (χ1v) is 4.64. The molecular weight excluding hydrogens is 214 g/mol. The first-order chi connectivity index (χ1) is 5.84. The van der Waals surface area contributed by atoms with E-state index in [0.717, 1.165) is 18.1 Å². The third kappa shape index (κ3) is 3.62. The zero-order chi connectivity index (χ0) is 8.39. The monoisotopic (exact) mass is 222 g/mol. The van der Waals surface area contributed by atoms with E-state index in [0.29, 0.717) is 5.25 Å². The molecular formula is C9H8FKOS. The molecule has 64 valence electrons. The van der Waals surface area contributed by atoms with E-state index in [-0.39, 0.29) is 57.2 Å². The van der Waals surface area contributed by atoms with Gasteiger partial charge in [0.2, 0.25) is 0 Å². The molecule has 1 saturated heterocycles. The minimum Gasteiger partial charge on any atom is -0.379 e. The topological polar surface area (TPSA) is 9.23 Å². The van der Waals surface area contributed by atoms with E-state index in [1.54, 1.807) is 17.8 Å². The van der Waals surface area contributed by atoms with Crippen molar-refractivity contribution in [1.82, 2.24) is 0 Å². The van der Waals surface area contributed by atoms with Crippen LogP contribution in [0.25, 0.3) is 0 Å². The van der Waals surface area contributed by atoms with Crippen molar-refractivity contribution >= 4 is 11.8 Å². The van der Waals surface area contributed by atoms with E-state index in [4.69, 9.17) is 4.74 Å². The largest absolute Gasteiger partial charge is 1.00 e. The van der Waals surface area contributed by atoms with Gasteiger partial charge < -0.3 is 4.74 Å². The average molecular weight is 222 g/mol. The molecule has 1 aliphatic heterocycles. The van der Waals surface area contributed by atoms with E-state index < -0.39 is 0 Å². The average Bonchev–Trinajstić information content (AvgIpc) is 1.97. The summed E-state index contributed by atoms with van der Waals surface area (Å²) in [5, 5.41) is 0.506. The Hall–Kier alpha value is 1.10. The van der Waals surface area contributed by atoms with Crippen molar-refractivity contribution in [3.8, 4) is 0 Å². The van der Waals surface area contributed by atoms with E-state index in [9.17, 15) is 4.39 Å². The minimum absolute atomic E-state index is 0. The maximum Gasteiger partial charge on any atom is 1.00 e. The third-order valence-corrected chi connectivity index (χ3v) is 2.78. The molecule has 0 aromatic heterocycles. The molecule has 13 heavy (non-hydrogen) atoms. The van der Waals surface area contributed by atoms with Crippen molar-refractivity contribution in [3.63, 3.8) is 0 Å². The maximum absolute atomic E-state index is 12.6. The van der Waals surface area contributed by atoms with Crippen LogP contribution >= 0.6 is 11.8 Å². The van der Waals surface area contributed by atoms with Gasteiger partial charge in [-0.3, -0.25) is 0 Å². The predicted octanol–water partition coefficient (Wildman–Crippen LogP) is -0.879. The molecule has 1 aliphatic rings. The van der Waals surface area contributed by atoms with Gasteiger partial charge in [-0.2, -0.15) is 12.1 Å². The summed E-state index contributed by atoms with van der Waals surface area (Å²) in [4.78, 5) is 0.958. The van der Waals surface area contributed by atoms with Gasteiger partial charge >= 0.3 is 51.4 Å². The van der Waals surface area contributed by atoms with Crippen LogP contribution in [0.15, 0.2) is 23.1 Å². The molecule has 0 N–H and O–H groups in total. The molecule has 4 heteroatoms. The summed E-state index contributed by atoms with van der Waals surface area (Å²) in [5.74, 6) is -0.291. The smallest absolute Gasteiger partial charge is 0.379 e. The van der Waals surface area contributed by atoms with Gasteiger partial charge in [-0.25, -0.2) is 4.39 Å². The molecule has 1 aromatic carbocycles. The zero-order valence-electron chi connectivity index (χ0n) is 7.42. The quantitative estimate of drug-likeness (QED) is 0.475. The maximum atomic E-state index is 12.6. The van der Waals surface area contributed by atoms with Crippen LogP contribution in [0.4, 0.5) is 4.39 Å². The van der Waals surface area contributed by atoms with Crippen LogP contribution in [0, 0.1) is 11.9 Å². The second-order valence-electron chi connectivity index (χ2n) is 2.65. The molecule has 1 fully saturated rings. The van der Waals surface area contributed by atoms with E-state index >= 15 is 0 Å². The Morgan fingerprint density at radius 2 is 2.31 bits per heavy atom. The van der Waals surface area contributed by atoms with Crippen molar-refractivity contribution < 1.29 is 60.5 Å². The fourth-order valence-electron chi connectivity index (χ4n) is 0.966. The predicted molar refractivity (Wildman–Crippen MR) is 45.7 cm³/mol. The van der Waals surface area contributed by atoms with Crippen molar-refractivity contribution in [2.24, 2.45) is 0 Å². The summed E-state index contributed by atoms with van der Waals surface area (Å²) < 4.78 is 17.7. The molecule has 0 saturated carbocycles. The van der Waals surface area contributed by atoms with Crippen molar-refractivity contribution in [2.75, 3.05) is 13.2 Å². The Bertz CT molecular complexity index is 278. The van der Waals surface area contributed by atoms with Crippen LogP contribution in [0.3, 0.4) is 0 Å². The summed E-state index contributed by atoms with van der Waals surface area (Å²) in [6.45, 7) is 1.57. The molecule has 1 nitrogen and oxygen atoms in total. The van der Waals surface area contributed by atoms with Crippen molar-refractivity contribution in [3.05, 3.63) is 30.1 Å². The number of hydrogen-bond acceptors (Lipinski definition) is 2. The Labute approximate surface area is 124 Å². The van der Waals surface area contributed by atoms with Gasteiger partial charge in [-0.15, -0.1) is 23.9 Å². The SMILES string of the molecule is Fc1[c-]ccc(SC2COC2)c1.[K+]. The van der Waals surface area contributed by atoms with Gasteiger partial charge in [0.05, 0.1) is 18.5 Å². The van der Waals surface area contributed by atoms with E-state index in [1.165, 1.54) is 6.07 Å². The first-order valence-electron chi connectivity index (χ1n) is 3.76. The van der Waals surface area contributed by atoms with Gasteiger partial charge in [0.1, 0.15) is 0 Å². The number of ether oxygens (including phenoxy) is 1. The normalized spacial score (nSPS) is 16.1. The summed E-state index contributed by atoms with van der Waals surface area (Å²) >= 11 is 1.66. The number of thioether (sulfide) groups is 1. The van der Waals surface area contributed by atoms with Crippen molar-refractivity contribution in [2.45, 2.75) is 10.1 Å². The summed E-state index contributed by atoms with van der Waals surface area (Å²) in [6, 6.07) is 7.45. The Morgan fingerprint density at radius 3 is 2.85 bits per heavy atom. The second kappa shape index (κ2) is 5.85. The Balaban J connectivity index is 0.000000845. The fraction of sp³-hybridized carbons (Fsp3) is 0.333. The third-order valence-electron chi connectivity index (χ3n) is 1.65. The molecule has 2 rings (SSSR count).